The second kappa shape index (κ2) is 6.31. The van der Waals surface area contributed by atoms with E-state index in [0.29, 0.717) is 18.3 Å². The molecule has 17 heavy (non-hydrogen) atoms. The van der Waals surface area contributed by atoms with E-state index in [1.165, 1.54) is 0 Å². The summed E-state index contributed by atoms with van der Waals surface area (Å²) in [6, 6.07) is 0. The molecule has 1 atom stereocenters. The van der Waals surface area contributed by atoms with Crippen molar-refractivity contribution in [3.8, 4) is 0 Å². The lowest BCUT2D eigenvalue weighted by molar-refractivity contribution is -0.117. The van der Waals surface area contributed by atoms with Gasteiger partial charge in [0.15, 0.2) is 0 Å². The van der Waals surface area contributed by atoms with Crippen molar-refractivity contribution < 1.29 is 14.1 Å². The van der Waals surface area contributed by atoms with Gasteiger partial charge in [0.2, 0.25) is 17.6 Å². The predicted octanol–water partition coefficient (Wildman–Crippen LogP) is -0.0120. The van der Waals surface area contributed by atoms with Crippen LogP contribution in [0.3, 0.4) is 0 Å². The van der Waals surface area contributed by atoms with Gasteiger partial charge in [0, 0.05) is 7.11 Å². The molecule has 0 fully saturated rings. The van der Waals surface area contributed by atoms with Crippen LogP contribution in [0.25, 0.3) is 0 Å². The molecule has 1 heterocycles. The highest BCUT2D eigenvalue weighted by Gasteiger charge is 2.21. The van der Waals surface area contributed by atoms with Crippen LogP contribution in [0.4, 0.5) is 0 Å². The standard InChI is InChI=1S/C10H18N4O3/c1-6(2)9(16-3)10-13-8(17-14-10)5-12-4-7(11)15/h6,9,12H,4-5H2,1-3H3,(H2,11,15). The van der Waals surface area contributed by atoms with E-state index in [1.807, 2.05) is 13.8 Å². The minimum Gasteiger partial charge on any atom is -0.373 e. The minimum absolute atomic E-state index is 0.0790. The van der Waals surface area contributed by atoms with E-state index in [9.17, 15) is 4.79 Å². The van der Waals surface area contributed by atoms with Gasteiger partial charge >= 0.3 is 0 Å². The molecule has 1 aromatic heterocycles. The fraction of sp³-hybridized carbons (Fsp3) is 0.700. The number of amides is 1. The number of methoxy groups -OCH3 is 1. The van der Waals surface area contributed by atoms with Gasteiger partial charge in [-0.05, 0) is 5.92 Å². The van der Waals surface area contributed by atoms with Crippen LogP contribution in [0.1, 0.15) is 31.7 Å². The summed E-state index contributed by atoms with van der Waals surface area (Å²) in [5.74, 6) is 0.744. The number of ether oxygens (including phenoxy) is 1. The first kappa shape index (κ1) is 13.6. The molecule has 0 radical (unpaired) electrons. The van der Waals surface area contributed by atoms with Crippen molar-refractivity contribution in [2.75, 3.05) is 13.7 Å². The number of primary amides is 1. The quantitative estimate of drug-likeness (QED) is 0.697. The maximum atomic E-state index is 10.5. The van der Waals surface area contributed by atoms with Crippen LogP contribution < -0.4 is 11.1 Å². The van der Waals surface area contributed by atoms with Gasteiger partial charge in [-0.15, -0.1) is 0 Å². The van der Waals surface area contributed by atoms with Gasteiger partial charge in [-0.2, -0.15) is 4.98 Å². The molecule has 1 aromatic rings. The van der Waals surface area contributed by atoms with E-state index in [0.717, 1.165) is 0 Å². The molecule has 0 bridgehead atoms. The maximum Gasteiger partial charge on any atom is 0.240 e. The number of nitrogens with one attached hydrogen (secondary N) is 1. The van der Waals surface area contributed by atoms with Gasteiger partial charge in [-0.3, -0.25) is 10.1 Å². The smallest absolute Gasteiger partial charge is 0.240 e. The summed E-state index contributed by atoms with van der Waals surface area (Å²) in [4.78, 5) is 14.7. The van der Waals surface area contributed by atoms with Crippen LogP contribution in [0.15, 0.2) is 4.52 Å². The van der Waals surface area contributed by atoms with Crippen LogP contribution in [0.5, 0.6) is 0 Å². The Bertz CT molecular complexity index is 364. The number of nitrogens with zero attached hydrogens (tertiary/aromatic N) is 2. The molecule has 0 aliphatic carbocycles. The molecule has 0 aromatic carbocycles. The average Bonchev–Trinajstić information content (AvgIpc) is 2.66. The Hall–Kier alpha value is -1.47. The van der Waals surface area contributed by atoms with Crippen LogP contribution in [0, 0.1) is 5.92 Å². The van der Waals surface area contributed by atoms with Crippen LogP contribution in [-0.2, 0) is 16.1 Å². The van der Waals surface area contributed by atoms with Crippen molar-refractivity contribution >= 4 is 5.91 Å². The third kappa shape index (κ3) is 4.12. The van der Waals surface area contributed by atoms with E-state index in [4.69, 9.17) is 15.0 Å². The molecular weight excluding hydrogens is 224 g/mol. The van der Waals surface area contributed by atoms with Gasteiger partial charge in [-0.25, -0.2) is 0 Å². The third-order valence-electron chi connectivity index (χ3n) is 2.17. The molecule has 0 spiro atoms. The molecule has 7 heteroatoms. The molecule has 0 aliphatic rings. The fourth-order valence-corrected chi connectivity index (χ4v) is 1.42. The molecule has 1 amide bonds. The summed E-state index contributed by atoms with van der Waals surface area (Å²) in [6.45, 7) is 4.41. The normalized spacial score (nSPS) is 12.9. The average molecular weight is 242 g/mol. The van der Waals surface area contributed by atoms with Crippen LogP contribution in [-0.4, -0.2) is 29.7 Å². The lowest BCUT2D eigenvalue weighted by Crippen LogP contribution is -2.28. The first-order chi connectivity index (χ1) is 8.04. The number of carbonyl (C=O) groups excluding carboxylic acids is 1. The summed E-state index contributed by atoms with van der Waals surface area (Å²) in [6.07, 6.45) is -0.191. The number of nitrogens with two attached hydrogens (primary N) is 1. The summed E-state index contributed by atoms with van der Waals surface area (Å²) < 4.78 is 10.3. The van der Waals surface area contributed by atoms with E-state index in [2.05, 4.69) is 15.5 Å². The van der Waals surface area contributed by atoms with Gasteiger partial charge in [0.1, 0.15) is 6.10 Å². The van der Waals surface area contributed by atoms with Crippen molar-refractivity contribution in [3.05, 3.63) is 11.7 Å². The number of hydrogen-bond acceptors (Lipinski definition) is 6. The highest BCUT2D eigenvalue weighted by Crippen LogP contribution is 2.21. The van der Waals surface area contributed by atoms with Crippen LogP contribution in [0.2, 0.25) is 0 Å². The van der Waals surface area contributed by atoms with Crippen molar-refractivity contribution in [2.45, 2.75) is 26.5 Å². The van der Waals surface area contributed by atoms with Crippen molar-refractivity contribution in [3.63, 3.8) is 0 Å². The van der Waals surface area contributed by atoms with E-state index >= 15 is 0 Å². The van der Waals surface area contributed by atoms with Gasteiger partial charge in [-0.1, -0.05) is 19.0 Å². The molecule has 0 saturated heterocycles. The molecule has 7 nitrogen and oxygen atoms in total. The van der Waals surface area contributed by atoms with E-state index in [1.54, 1.807) is 7.11 Å². The fourth-order valence-electron chi connectivity index (χ4n) is 1.42. The summed E-state index contributed by atoms with van der Waals surface area (Å²) in [7, 11) is 1.60. The number of rotatable bonds is 7. The second-order valence-electron chi connectivity index (χ2n) is 4.02. The Labute approximate surface area is 99.7 Å². The lowest BCUT2D eigenvalue weighted by atomic mass is 10.1. The zero-order chi connectivity index (χ0) is 12.8. The third-order valence-corrected chi connectivity index (χ3v) is 2.17. The zero-order valence-electron chi connectivity index (χ0n) is 10.3. The van der Waals surface area contributed by atoms with Crippen molar-refractivity contribution in [1.82, 2.24) is 15.5 Å². The SMILES string of the molecule is COC(c1noc(CNCC(N)=O)n1)C(C)C. The molecule has 0 saturated carbocycles. The Morgan fingerprint density at radius 2 is 2.29 bits per heavy atom. The van der Waals surface area contributed by atoms with Gasteiger partial charge < -0.3 is 15.0 Å². The predicted molar refractivity (Wildman–Crippen MR) is 59.8 cm³/mol. The molecule has 0 aliphatic heterocycles. The molecule has 3 N–H and O–H groups in total. The van der Waals surface area contributed by atoms with Crippen molar-refractivity contribution in [2.24, 2.45) is 11.7 Å². The molecule has 96 valence electrons. The topological polar surface area (TPSA) is 103 Å². The maximum absolute atomic E-state index is 10.5. The monoisotopic (exact) mass is 242 g/mol. The number of carbonyl (C=O) groups is 1. The molecule has 1 unspecified atom stereocenters. The van der Waals surface area contributed by atoms with Crippen LogP contribution >= 0.6 is 0 Å². The summed E-state index contributed by atoms with van der Waals surface area (Å²) in [5.41, 5.74) is 4.98. The van der Waals surface area contributed by atoms with E-state index in [-0.39, 0.29) is 18.6 Å². The number of hydrogen-bond donors (Lipinski definition) is 2. The van der Waals surface area contributed by atoms with Gasteiger partial charge in [0.05, 0.1) is 13.1 Å². The minimum atomic E-state index is -0.429. The summed E-state index contributed by atoms with van der Waals surface area (Å²) in [5, 5.41) is 6.63. The van der Waals surface area contributed by atoms with Gasteiger partial charge in [0.25, 0.3) is 0 Å². The van der Waals surface area contributed by atoms with Crippen molar-refractivity contribution in [1.29, 1.82) is 0 Å². The van der Waals surface area contributed by atoms with E-state index < -0.39 is 5.91 Å². The first-order valence-corrected chi connectivity index (χ1v) is 5.39. The second-order valence-corrected chi connectivity index (χ2v) is 4.02. The molecular formula is C10H18N4O3. The molecule has 1 rings (SSSR count). The highest BCUT2D eigenvalue weighted by molar-refractivity contribution is 5.75. The zero-order valence-corrected chi connectivity index (χ0v) is 10.3. The Morgan fingerprint density at radius 1 is 1.59 bits per heavy atom. The number of aromatic nitrogens is 2. The highest BCUT2D eigenvalue weighted by atomic mass is 16.5. The first-order valence-electron chi connectivity index (χ1n) is 5.39. The summed E-state index contributed by atoms with van der Waals surface area (Å²) >= 11 is 0. The Balaban J connectivity index is 2.55. The Kier molecular flexibility index (Phi) is 5.05. The largest absolute Gasteiger partial charge is 0.373 e. The Morgan fingerprint density at radius 3 is 2.82 bits per heavy atom. The lowest BCUT2D eigenvalue weighted by Gasteiger charge is -2.14.